The fourth-order valence-electron chi connectivity index (χ4n) is 2.55. The lowest BCUT2D eigenvalue weighted by molar-refractivity contribution is 0.740. The molecule has 0 spiro atoms. The quantitative estimate of drug-likeness (QED) is 0.789. The highest BCUT2D eigenvalue weighted by molar-refractivity contribution is 7.99. The van der Waals surface area contributed by atoms with Gasteiger partial charge in [0.2, 0.25) is 17.1 Å². The number of allylic oxidation sites excluding steroid dienone is 2. The molecule has 132 valence electrons. The molecule has 0 radical (unpaired) electrons. The van der Waals surface area contributed by atoms with Crippen molar-refractivity contribution in [2.75, 3.05) is 30.9 Å². The molecule has 0 unspecified atom stereocenters. The third-order valence-corrected chi connectivity index (χ3v) is 4.57. The molecule has 1 aliphatic rings. The van der Waals surface area contributed by atoms with Crippen LogP contribution in [-0.2, 0) is 0 Å². The first-order chi connectivity index (χ1) is 12.2. The van der Waals surface area contributed by atoms with Crippen molar-refractivity contribution in [3.05, 3.63) is 24.0 Å². The predicted octanol–water partition coefficient (Wildman–Crippen LogP) is 3.27. The summed E-state index contributed by atoms with van der Waals surface area (Å²) in [6.45, 7) is 2.76. The van der Waals surface area contributed by atoms with E-state index in [-0.39, 0.29) is 0 Å². The fraction of sp³-hybridized carbons (Fsp3) is 0.471. The summed E-state index contributed by atoms with van der Waals surface area (Å²) in [4.78, 5) is 24.1. The zero-order valence-corrected chi connectivity index (χ0v) is 15.7. The minimum atomic E-state index is 0.563. The van der Waals surface area contributed by atoms with E-state index in [2.05, 4.69) is 36.3 Å². The fourth-order valence-corrected chi connectivity index (χ4v) is 3.18. The number of nitrogens with one attached hydrogen (secondary N) is 1. The summed E-state index contributed by atoms with van der Waals surface area (Å²) in [5, 5.41) is 4.35. The molecular weight excluding hydrogens is 334 g/mol. The first-order valence-electron chi connectivity index (χ1n) is 8.52. The number of anilines is 2. The van der Waals surface area contributed by atoms with Gasteiger partial charge in [0.05, 0.1) is 0 Å². The molecular formula is C17H23N7S. The Labute approximate surface area is 152 Å². The number of hydrogen-bond acceptors (Lipinski definition) is 8. The standard InChI is InChI=1S/C17H23N7S/c1-4-18-14-21-15(24(2)3)23-17(22-14)25-16-19-10-13(11-20-16)12-8-6-5-7-9-12/h8,10-11H,4-7,9H2,1-3H3,(H,18,21,22,23). The second kappa shape index (κ2) is 8.24. The van der Waals surface area contributed by atoms with Crippen molar-refractivity contribution in [3.8, 4) is 0 Å². The monoisotopic (exact) mass is 357 g/mol. The molecule has 3 rings (SSSR count). The third-order valence-electron chi connectivity index (χ3n) is 3.81. The SMILES string of the molecule is CCNc1nc(Sc2ncc(C3=CCCCC3)cn2)nc(N(C)C)n1. The first kappa shape index (κ1) is 17.6. The molecule has 0 aromatic carbocycles. The maximum absolute atomic E-state index is 4.48. The maximum atomic E-state index is 4.48. The van der Waals surface area contributed by atoms with Crippen LogP contribution in [0.4, 0.5) is 11.9 Å². The molecule has 0 fully saturated rings. The Kier molecular flexibility index (Phi) is 5.80. The van der Waals surface area contributed by atoms with Crippen LogP contribution < -0.4 is 10.2 Å². The van der Waals surface area contributed by atoms with Gasteiger partial charge < -0.3 is 10.2 Å². The molecule has 0 saturated carbocycles. The second-order valence-electron chi connectivity index (χ2n) is 6.00. The highest BCUT2D eigenvalue weighted by atomic mass is 32.2. The first-order valence-corrected chi connectivity index (χ1v) is 9.34. The lowest BCUT2D eigenvalue weighted by atomic mass is 9.96. The van der Waals surface area contributed by atoms with Crippen molar-refractivity contribution in [2.45, 2.75) is 42.9 Å². The summed E-state index contributed by atoms with van der Waals surface area (Å²) in [6.07, 6.45) is 10.9. The van der Waals surface area contributed by atoms with E-state index in [0.29, 0.717) is 22.2 Å². The van der Waals surface area contributed by atoms with E-state index >= 15 is 0 Å². The van der Waals surface area contributed by atoms with Gasteiger partial charge in [-0.25, -0.2) is 9.97 Å². The van der Waals surface area contributed by atoms with Gasteiger partial charge in [0, 0.05) is 38.6 Å². The van der Waals surface area contributed by atoms with Crippen LogP contribution in [0.15, 0.2) is 28.8 Å². The van der Waals surface area contributed by atoms with Crippen LogP contribution in [0.2, 0.25) is 0 Å². The van der Waals surface area contributed by atoms with E-state index < -0.39 is 0 Å². The predicted molar refractivity (Wildman–Crippen MR) is 101 cm³/mol. The van der Waals surface area contributed by atoms with Crippen LogP contribution in [0.1, 0.15) is 38.2 Å². The van der Waals surface area contributed by atoms with Crippen LogP contribution in [0.3, 0.4) is 0 Å². The molecule has 25 heavy (non-hydrogen) atoms. The Hall–Kier alpha value is -2.22. The van der Waals surface area contributed by atoms with Gasteiger partial charge in [-0.2, -0.15) is 15.0 Å². The van der Waals surface area contributed by atoms with Crippen molar-refractivity contribution in [1.29, 1.82) is 0 Å². The Morgan fingerprint density at radius 3 is 2.52 bits per heavy atom. The van der Waals surface area contributed by atoms with Crippen LogP contribution in [-0.4, -0.2) is 45.6 Å². The highest BCUT2D eigenvalue weighted by Crippen LogP contribution is 2.28. The zero-order chi connectivity index (χ0) is 17.6. The number of aromatic nitrogens is 5. The normalized spacial score (nSPS) is 14.1. The largest absolute Gasteiger partial charge is 0.354 e. The summed E-state index contributed by atoms with van der Waals surface area (Å²) < 4.78 is 0. The number of nitrogens with zero attached hydrogens (tertiary/aromatic N) is 6. The van der Waals surface area contributed by atoms with Gasteiger partial charge in [-0.1, -0.05) is 6.08 Å². The third kappa shape index (κ3) is 4.66. The molecule has 0 saturated heterocycles. The number of rotatable bonds is 6. The lowest BCUT2D eigenvalue weighted by Crippen LogP contribution is -2.15. The minimum Gasteiger partial charge on any atom is -0.354 e. The summed E-state index contributed by atoms with van der Waals surface area (Å²) >= 11 is 1.34. The lowest BCUT2D eigenvalue weighted by Gasteiger charge is -2.13. The molecule has 0 amide bonds. The van der Waals surface area contributed by atoms with E-state index in [1.165, 1.54) is 30.2 Å². The Morgan fingerprint density at radius 2 is 1.88 bits per heavy atom. The van der Waals surface area contributed by atoms with Crippen molar-refractivity contribution in [2.24, 2.45) is 0 Å². The zero-order valence-electron chi connectivity index (χ0n) is 14.9. The Bertz CT molecular complexity index is 743. The number of hydrogen-bond donors (Lipinski definition) is 1. The van der Waals surface area contributed by atoms with E-state index in [1.807, 2.05) is 38.3 Å². The molecule has 2 aromatic heterocycles. The van der Waals surface area contributed by atoms with Gasteiger partial charge in [0.25, 0.3) is 0 Å². The average molecular weight is 357 g/mol. The van der Waals surface area contributed by atoms with E-state index in [9.17, 15) is 0 Å². The summed E-state index contributed by atoms with van der Waals surface area (Å²) in [5.41, 5.74) is 2.47. The molecule has 2 aromatic rings. The van der Waals surface area contributed by atoms with Crippen molar-refractivity contribution in [3.63, 3.8) is 0 Å². The van der Waals surface area contributed by atoms with Gasteiger partial charge >= 0.3 is 0 Å². The van der Waals surface area contributed by atoms with Gasteiger partial charge in [-0.15, -0.1) is 0 Å². The molecule has 0 bridgehead atoms. The Morgan fingerprint density at radius 1 is 1.08 bits per heavy atom. The van der Waals surface area contributed by atoms with Crippen LogP contribution in [0.25, 0.3) is 5.57 Å². The van der Waals surface area contributed by atoms with Gasteiger partial charge in [-0.05, 0) is 49.9 Å². The maximum Gasteiger partial charge on any atom is 0.230 e. The second-order valence-corrected chi connectivity index (χ2v) is 6.93. The van der Waals surface area contributed by atoms with Gasteiger partial charge in [0.1, 0.15) is 0 Å². The summed E-state index contributed by atoms with van der Waals surface area (Å²) in [7, 11) is 3.81. The van der Waals surface area contributed by atoms with Crippen molar-refractivity contribution in [1.82, 2.24) is 24.9 Å². The van der Waals surface area contributed by atoms with Crippen molar-refractivity contribution < 1.29 is 0 Å². The van der Waals surface area contributed by atoms with E-state index in [0.717, 1.165) is 24.9 Å². The molecule has 0 aliphatic heterocycles. The molecule has 8 heteroatoms. The summed E-state index contributed by atoms with van der Waals surface area (Å²) in [5.74, 6) is 1.17. The molecule has 2 heterocycles. The van der Waals surface area contributed by atoms with Gasteiger partial charge in [-0.3, -0.25) is 0 Å². The molecule has 0 atom stereocenters. The van der Waals surface area contributed by atoms with Gasteiger partial charge in [0.15, 0.2) is 5.16 Å². The van der Waals surface area contributed by atoms with Crippen LogP contribution in [0.5, 0.6) is 0 Å². The van der Waals surface area contributed by atoms with Crippen molar-refractivity contribution >= 4 is 29.2 Å². The van der Waals surface area contributed by atoms with E-state index in [4.69, 9.17) is 0 Å². The topological polar surface area (TPSA) is 79.7 Å². The molecule has 1 N–H and O–H groups in total. The van der Waals surface area contributed by atoms with Crippen LogP contribution in [0, 0.1) is 0 Å². The highest BCUT2D eigenvalue weighted by Gasteiger charge is 2.12. The average Bonchev–Trinajstić information content (AvgIpc) is 2.63. The van der Waals surface area contributed by atoms with E-state index in [1.54, 1.807) is 0 Å². The minimum absolute atomic E-state index is 0.563. The van der Waals surface area contributed by atoms with Crippen LogP contribution >= 0.6 is 11.8 Å². The summed E-state index contributed by atoms with van der Waals surface area (Å²) in [6, 6.07) is 0. The molecule has 1 aliphatic carbocycles. The molecule has 7 nitrogen and oxygen atoms in total. The smallest absolute Gasteiger partial charge is 0.230 e. The Balaban J connectivity index is 1.78.